The van der Waals surface area contributed by atoms with E-state index in [1.807, 2.05) is 0 Å². The summed E-state index contributed by atoms with van der Waals surface area (Å²) in [6.45, 7) is 10.2. The van der Waals surface area contributed by atoms with Crippen molar-refractivity contribution in [2.24, 2.45) is 0 Å². The minimum atomic E-state index is -4.47. The fourth-order valence-electron chi connectivity index (χ4n) is 3.50. The van der Waals surface area contributed by atoms with Gasteiger partial charge in [0.2, 0.25) is 0 Å². The maximum Gasteiger partial charge on any atom is 2.00 e. The Morgan fingerprint density at radius 1 is 1.20 bits per heavy atom. The molecule has 0 spiro atoms. The predicted octanol–water partition coefficient (Wildman–Crippen LogP) is 5.19. The van der Waals surface area contributed by atoms with Crippen LogP contribution in [0.25, 0.3) is 5.73 Å². The van der Waals surface area contributed by atoms with E-state index >= 15 is 0 Å². The van der Waals surface area contributed by atoms with Gasteiger partial charge in [-0.25, -0.2) is 16.5 Å². The quantitative estimate of drug-likeness (QED) is 0.267. The van der Waals surface area contributed by atoms with Gasteiger partial charge in [0.1, 0.15) is 0 Å². The summed E-state index contributed by atoms with van der Waals surface area (Å²) in [5.41, 5.74) is 7.28. The number of likely N-dealkylation sites (N-methyl/N-ethyl adjacent to an activating group) is 1. The molecule has 0 saturated heterocycles. The molecule has 0 aromatic heterocycles. The summed E-state index contributed by atoms with van der Waals surface area (Å²) in [7, 11) is 2.09. The van der Waals surface area contributed by atoms with E-state index in [0.717, 1.165) is 43.9 Å². The number of nitrogens with one attached hydrogen (secondary N) is 4. The Labute approximate surface area is 219 Å². The van der Waals surface area contributed by atoms with Crippen molar-refractivity contribution in [2.45, 2.75) is 44.9 Å². The Hall–Kier alpha value is -2.09. The molecule has 0 radical (unpaired) electrons. The molecule has 0 fully saturated rings. The van der Waals surface area contributed by atoms with Crippen LogP contribution in [0, 0.1) is 6.08 Å². The SMILES string of the molecule is C=C1C=C(C(F)(F)F)C([NH-])=CN1.CC1C/C=C(F)\C(C2=CCNCC2)=C/[C-]=CNCC(C)N1C.[W+2]. The Morgan fingerprint density at radius 2 is 1.91 bits per heavy atom. The number of alkyl halides is 3. The molecule has 2 unspecified atom stereocenters. The first-order chi connectivity index (χ1) is 16.0. The van der Waals surface area contributed by atoms with Crippen LogP contribution in [-0.2, 0) is 21.1 Å². The fourth-order valence-corrected chi connectivity index (χ4v) is 3.50. The minimum absolute atomic E-state index is 0. The number of dihydropyridines is 1. The zero-order chi connectivity index (χ0) is 25.3. The number of hydrogen-bond donors (Lipinski definition) is 3. The van der Waals surface area contributed by atoms with Gasteiger partial charge >= 0.3 is 27.2 Å². The van der Waals surface area contributed by atoms with Crippen molar-refractivity contribution < 1.29 is 38.6 Å². The van der Waals surface area contributed by atoms with E-state index in [4.69, 9.17) is 5.73 Å². The van der Waals surface area contributed by atoms with E-state index < -0.39 is 17.4 Å². The molecule has 3 rings (SSSR count). The van der Waals surface area contributed by atoms with Gasteiger partial charge < -0.3 is 21.7 Å². The van der Waals surface area contributed by atoms with Crippen LogP contribution in [0.15, 0.2) is 77.2 Å². The Bertz CT molecular complexity index is 915. The third-order valence-corrected chi connectivity index (χ3v) is 5.84. The van der Waals surface area contributed by atoms with Crippen LogP contribution in [0.1, 0.15) is 26.7 Å². The first-order valence-corrected chi connectivity index (χ1v) is 11.2. The molecule has 4 N–H and O–H groups in total. The second-order valence-electron chi connectivity index (χ2n) is 8.40. The van der Waals surface area contributed by atoms with Gasteiger partial charge in [-0.15, -0.1) is 16.8 Å². The van der Waals surface area contributed by atoms with Crippen molar-refractivity contribution in [3.8, 4) is 0 Å². The van der Waals surface area contributed by atoms with Crippen LogP contribution in [-0.4, -0.2) is 49.8 Å². The molecule has 3 aliphatic rings. The van der Waals surface area contributed by atoms with Gasteiger partial charge in [0.05, 0.1) is 0 Å². The molecule has 10 heteroatoms. The summed E-state index contributed by atoms with van der Waals surface area (Å²) in [4.78, 5) is 2.28. The predicted molar refractivity (Wildman–Crippen MR) is 129 cm³/mol. The molecule has 0 aromatic carbocycles. The molecule has 0 bridgehead atoms. The molecule has 0 aliphatic carbocycles. The van der Waals surface area contributed by atoms with Crippen LogP contribution in [0.3, 0.4) is 0 Å². The van der Waals surface area contributed by atoms with Crippen molar-refractivity contribution >= 4 is 0 Å². The van der Waals surface area contributed by atoms with Crippen LogP contribution < -0.4 is 16.0 Å². The molecule has 3 aliphatic heterocycles. The van der Waals surface area contributed by atoms with Crippen LogP contribution in [0.5, 0.6) is 0 Å². The number of nitrogens with zero attached hydrogens (tertiary/aromatic N) is 1. The molecule has 2 atom stereocenters. The average molecular weight is 663 g/mol. The van der Waals surface area contributed by atoms with Crippen molar-refractivity contribution in [2.75, 3.05) is 26.7 Å². The zero-order valence-corrected chi connectivity index (χ0v) is 23.2. The summed E-state index contributed by atoms with van der Waals surface area (Å²) in [5, 5.41) is 8.92. The van der Waals surface area contributed by atoms with Gasteiger partial charge in [-0.2, -0.15) is 13.2 Å². The minimum Gasteiger partial charge on any atom is -0.697 e. The van der Waals surface area contributed by atoms with Crippen molar-refractivity contribution in [3.05, 3.63) is 89.0 Å². The van der Waals surface area contributed by atoms with Crippen LogP contribution >= 0.6 is 0 Å². The molecule has 0 aromatic rings. The maximum absolute atomic E-state index is 14.7. The maximum atomic E-state index is 14.7. The Kier molecular flexibility index (Phi) is 12.8. The van der Waals surface area contributed by atoms with Gasteiger partial charge in [-0.05, 0) is 52.6 Å². The van der Waals surface area contributed by atoms with E-state index in [9.17, 15) is 17.6 Å². The molecule has 5 nitrogen and oxygen atoms in total. The Balaban J connectivity index is 0.000000401. The first-order valence-electron chi connectivity index (χ1n) is 11.2. The summed E-state index contributed by atoms with van der Waals surface area (Å²) < 4.78 is 50.9. The second kappa shape index (κ2) is 14.5. The molecular weight excluding hydrogens is 630 g/mol. The van der Waals surface area contributed by atoms with Crippen LogP contribution in [0.4, 0.5) is 17.6 Å². The Morgan fingerprint density at radius 3 is 2.51 bits per heavy atom. The monoisotopic (exact) mass is 663 g/mol. The topological polar surface area (TPSA) is 63.1 Å². The van der Waals surface area contributed by atoms with Crippen LogP contribution in [0.2, 0.25) is 0 Å². The van der Waals surface area contributed by atoms with Gasteiger partial charge in [-0.1, -0.05) is 24.9 Å². The summed E-state index contributed by atoms with van der Waals surface area (Å²) in [6, 6.07) is 0.692. The molecule has 3 heterocycles. The third kappa shape index (κ3) is 9.82. The van der Waals surface area contributed by atoms with E-state index in [2.05, 4.69) is 60.5 Å². The number of rotatable bonds is 1. The summed E-state index contributed by atoms with van der Waals surface area (Å²) in [6.07, 6.45) is 9.27. The van der Waals surface area contributed by atoms with Gasteiger partial charge in [0.15, 0.2) is 0 Å². The molecule has 0 amide bonds. The standard InChI is InChI=1S/C18H27FN3.C7H6F3N2.W/c1-14-6-7-18(19)17(16-8-11-20-12-9-16)5-4-10-21-13-15(2)22(14)3;1-4-2-5(7(8,9)10)6(11)3-12-4;/h5,7-8,10,14-15,20-21H,6,9,11-13H2,1-3H3;2-3,11-12H,1H2;/q2*-1;+2/b17-5-,18-7+;;. The number of hydrogen-bond acceptors (Lipinski definition) is 4. The zero-order valence-electron chi connectivity index (χ0n) is 20.2. The van der Waals surface area contributed by atoms with Gasteiger partial charge in [0.25, 0.3) is 0 Å². The van der Waals surface area contributed by atoms with Crippen molar-refractivity contribution in [3.63, 3.8) is 0 Å². The van der Waals surface area contributed by atoms with Crippen molar-refractivity contribution in [1.82, 2.24) is 20.9 Å². The van der Waals surface area contributed by atoms with E-state index in [1.165, 1.54) is 0 Å². The fraction of sp³-hybridized carbons (Fsp3) is 0.440. The van der Waals surface area contributed by atoms with E-state index in [1.54, 1.807) is 18.4 Å². The number of halogens is 4. The third-order valence-electron chi connectivity index (χ3n) is 5.84. The average Bonchev–Trinajstić information content (AvgIpc) is 2.80. The molecule has 192 valence electrons. The van der Waals surface area contributed by atoms with E-state index in [-0.39, 0.29) is 32.6 Å². The first kappa shape index (κ1) is 30.9. The van der Waals surface area contributed by atoms with Gasteiger partial charge in [-0.3, -0.25) is 4.90 Å². The summed E-state index contributed by atoms with van der Waals surface area (Å²) in [5.74, 6) is -0.137. The second-order valence-corrected chi connectivity index (χ2v) is 8.40. The molecule has 0 saturated carbocycles. The van der Waals surface area contributed by atoms with Gasteiger partial charge in [0, 0.05) is 42.3 Å². The van der Waals surface area contributed by atoms with Crippen molar-refractivity contribution in [1.29, 1.82) is 0 Å². The molecular formula is C25H33F4N5W. The molecule has 35 heavy (non-hydrogen) atoms. The number of allylic oxidation sites excluding steroid dienone is 6. The normalized spacial score (nSPS) is 27.2. The largest absolute Gasteiger partial charge is 2.00 e. The summed E-state index contributed by atoms with van der Waals surface area (Å²) >= 11 is 0. The van der Waals surface area contributed by atoms with E-state index in [0.29, 0.717) is 24.1 Å². The smallest absolute Gasteiger partial charge is 0.697 e.